The zero-order valence-electron chi connectivity index (χ0n) is 9.16. The van der Waals surface area contributed by atoms with Gasteiger partial charge in [-0.05, 0) is 24.6 Å². The molecule has 0 aromatic heterocycles. The van der Waals surface area contributed by atoms with E-state index in [0.717, 1.165) is 11.3 Å². The number of hydrogen-bond donors (Lipinski definition) is 0. The van der Waals surface area contributed by atoms with E-state index < -0.39 is 0 Å². The summed E-state index contributed by atoms with van der Waals surface area (Å²) in [4.78, 5) is 4.61. The van der Waals surface area contributed by atoms with Crippen LogP contribution in [0.4, 0.5) is 0 Å². The van der Waals surface area contributed by atoms with Gasteiger partial charge in [-0.15, -0.1) is 0 Å². The average molecular weight is 231 g/mol. The highest BCUT2D eigenvalue weighted by molar-refractivity contribution is 6.30. The van der Waals surface area contributed by atoms with Crippen molar-refractivity contribution in [2.75, 3.05) is 0 Å². The van der Waals surface area contributed by atoms with E-state index in [9.17, 15) is 0 Å². The first-order valence-corrected chi connectivity index (χ1v) is 5.56. The molecule has 0 saturated heterocycles. The van der Waals surface area contributed by atoms with E-state index in [1.165, 1.54) is 16.5 Å². The predicted molar refractivity (Wildman–Crippen MR) is 67.1 cm³/mol. The summed E-state index contributed by atoms with van der Waals surface area (Å²) in [5.74, 6) is 0.950. The number of nitrogens with zero attached hydrogens (tertiary/aromatic N) is 2. The molecule has 1 aromatic carbocycles. The molecule has 0 N–H and O–H groups in total. The fourth-order valence-corrected chi connectivity index (χ4v) is 2.40. The fourth-order valence-electron chi connectivity index (χ4n) is 2.15. The molecule has 2 nitrogen and oxygen atoms in total. The van der Waals surface area contributed by atoms with Crippen LogP contribution in [0.3, 0.4) is 0 Å². The Hall–Kier alpha value is -1.54. The summed E-state index contributed by atoms with van der Waals surface area (Å²) in [5, 5.41) is 1.91. The second-order valence-corrected chi connectivity index (χ2v) is 4.42. The van der Waals surface area contributed by atoms with Gasteiger partial charge in [0.1, 0.15) is 11.0 Å². The van der Waals surface area contributed by atoms with Crippen LogP contribution in [-0.4, -0.2) is 9.55 Å². The van der Waals surface area contributed by atoms with Crippen LogP contribution in [0, 0.1) is 6.92 Å². The number of benzene rings is 1. The Balaban J connectivity index is 2.57. The second-order valence-electron chi connectivity index (χ2n) is 4.04. The Kier molecular flexibility index (Phi) is 1.95. The van der Waals surface area contributed by atoms with Gasteiger partial charge in [-0.1, -0.05) is 29.8 Å². The highest BCUT2D eigenvalue weighted by Gasteiger charge is 2.17. The van der Waals surface area contributed by atoms with Gasteiger partial charge >= 0.3 is 0 Å². The van der Waals surface area contributed by atoms with Crippen LogP contribution in [0.1, 0.15) is 5.56 Å². The fraction of sp³-hybridized carbons (Fsp3) is 0.154. The Morgan fingerprint density at radius 3 is 2.81 bits per heavy atom. The van der Waals surface area contributed by atoms with E-state index in [0.29, 0.717) is 5.15 Å². The van der Waals surface area contributed by atoms with Crippen LogP contribution < -0.4 is 0 Å². The third-order valence-corrected chi connectivity index (χ3v) is 3.35. The molecule has 3 rings (SSSR count). The standard InChI is InChI=1S/C13H11ClN2/c1-8-7-11(14)16(2)13-12(8)9-5-3-4-6-10(9)15-13/h3-7H,1-2H3. The molecule has 2 aliphatic heterocycles. The Labute approximate surface area is 98.8 Å². The maximum atomic E-state index is 6.14. The van der Waals surface area contributed by atoms with Crippen molar-refractivity contribution in [1.82, 2.24) is 9.55 Å². The molecule has 0 unspecified atom stereocenters. The number of hydrogen-bond acceptors (Lipinski definition) is 1. The van der Waals surface area contributed by atoms with Gasteiger partial charge in [0.25, 0.3) is 0 Å². The van der Waals surface area contributed by atoms with Crippen LogP contribution in [-0.2, 0) is 7.05 Å². The van der Waals surface area contributed by atoms with Gasteiger partial charge in [0, 0.05) is 18.0 Å². The number of para-hydroxylation sites is 1. The largest absolute Gasteiger partial charge is 0.319 e. The summed E-state index contributed by atoms with van der Waals surface area (Å²) in [5.41, 5.74) is 3.40. The van der Waals surface area contributed by atoms with Gasteiger partial charge < -0.3 is 4.57 Å². The van der Waals surface area contributed by atoms with Crippen molar-refractivity contribution in [2.45, 2.75) is 6.92 Å². The van der Waals surface area contributed by atoms with Crippen molar-refractivity contribution in [3.8, 4) is 11.4 Å². The summed E-state index contributed by atoms with van der Waals surface area (Å²) in [6.07, 6.45) is 0. The van der Waals surface area contributed by atoms with Crippen molar-refractivity contribution < 1.29 is 0 Å². The van der Waals surface area contributed by atoms with E-state index >= 15 is 0 Å². The minimum absolute atomic E-state index is 0.716. The van der Waals surface area contributed by atoms with Crippen molar-refractivity contribution in [3.05, 3.63) is 41.0 Å². The van der Waals surface area contributed by atoms with Crippen LogP contribution >= 0.6 is 11.6 Å². The van der Waals surface area contributed by atoms with Crippen molar-refractivity contribution in [2.24, 2.45) is 7.05 Å². The summed E-state index contributed by atoms with van der Waals surface area (Å²) in [6.45, 7) is 2.07. The van der Waals surface area contributed by atoms with Gasteiger partial charge in [0.2, 0.25) is 0 Å². The lowest BCUT2D eigenvalue weighted by atomic mass is 10.1. The summed E-state index contributed by atoms with van der Waals surface area (Å²) >= 11 is 6.14. The van der Waals surface area contributed by atoms with Crippen LogP contribution in [0.5, 0.6) is 0 Å². The first-order chi connectivity index (χ1) is 7.68. The topological polar surface area (TPSA) is 17.8 Å². The minimum Gasteiger partial charge on any atom is -0.319 e. The molecule has 0 bridgehead atoms. The van der Waals surface area contributed by atoms with Gasteiger partial charge in [-0.25, -0.2) is 4.98 Å². The Bertz CT molecular complexity index is 655. The molecular weight excluding hydrogens is 220 g/mol. The highest BCUT2D eigenvalue weighted by Crippen LogP contribution is 2.35. The van der Waals surface area contributed by atoms with E-state index in [1.807, 2.05) is 35.9 Å². The molecule has 0 saturated carbocycles. The van der Waals surface area contributed by atoms with Crippen molar-refractivity contribution >= 4 is 22.5 Å². The number of pyridine rings is 1. The van der Waals surface area contributed by atoms with Crippen LogP contribution in [0.15, 0.2) is 30.3 Å². The molecule has 0 spiro atoms. The number of halogens is 1. The number of fused-ring (bicyclic) bond motifs is 3. The van der Waals surface area contributed by atoms with Crippen LogP contribution in [0.25, 0.3) is 22.3 Å². The minimum atomic E-state index is 0.716. The summed E-state index contributed by atoms with van der Waals surface area (Å²) < 4.78 is 1.92. The number of aryl methyl sites for hydroxylation is 1. The van der Waals surface area contributed by atoms with Crippen LogP contribution in [0.2, 0.25) is 5.15 Å². The van der Waals surface area contributed by atoms with Gasteiger partial charge in [0.15, 0.2) is 0 Å². The predicted octanol–water partition coefficient (Wildman–Crippen LogP) is 3.64. The average Bonchev–Trinajstić information content (AvgIpc) is 2.65. The molecule has 1 aromatic rings. The Morgan fingerprint density at radius 2 is 2.00 bits per heavy atom. The summed E-state index contributed by atoms with van der Waals surface area (Å²) in [7, 11) is 1.94. The number of rotatable bonds is 0. The lowest BCUT2D eigenvalue weighted by Crippen LogP contribution is -2.00. The smallest absolute Gasteiger partial charge is 0.142 e. The molecule has 0 amide bonds. The molecule has 80 valence electrons. The van der Waals surface area contributed by atoms with Gasteiger partial charge in [-0.2, -0.15) is 0 Å². The van der Waals surface area contributed by atoms with E-state index in [4.69, 9.17) is 11.6 Å². The van der Waals surface area contributed by atoms with Gasteiger partial charge in [0.05, 0.1) is 5.52 Å². The summed E-state index contributed by atoms with van der Waals surface area (Å²) in [6, 6.07) is 10.2. The quantitative estimate of drug-likeness (QED) is 0.539. The zero-order chi connectivity index (χ0) is 11.3. The number of aromatic nitrogens is 2. The molecule has 0 fully saturated rings. The van der Waals surface area contributed by atoms with Crippen molar-refractivity contribution in [3.63, 3.8) is 0 Å². The molecule has 0 radical (unpaired) electrons. The molecule has 0 atom stereocenters. The van der Waals surface area contributed by atoms with E-state index in [1.54, 1.807) is 0 Å². The molecular formula is C13H11ClN2. The second kappa shape index (κ2) is 3.22. The first kappa shape index (κ1) is 9.67. The Morgan fingerprint density at radius 1 is 1.25 bits per heavy atom. The normalized spacial score (nSPS) is 11.4. The van der Waals surface area contributed by atoms with Gasteiger partial charge in [-0.3, -0.25) is 0 Å². The maximum Gasteiger partial charge on any atom is 0.142 e. The van der Waals surface area contributed by atoms with E-state index in [-0.39, 0.29) is 0 Å². The highest BCUT2D eigenvalue weighted by atomic mass is 35.5. The lowest BCUT2D eigenvalue weighted by Gasteiger charge is -2.11. The lowest BCUT2D eigenvalue weighted by molar-refractivity contribution is 0.890. The molecule has 2 heterocycles. The third kappa shape index (κ3) is 1.17. The monoisotopic (exact) mass is 230 g/mol. The maximum absolute atomic E-state index is 6.14. The first-order valence-electron chi connectivity index (χ1n) is 5.19. The third-order valence-electron chi connectivity index (χ3n) is 2.99. The molecule has 0 aliphatic carbocycles. The molecule has 3 heteroatoms. The SMILES string of the molecule is Cc1cc(Cl)n(C)c2nc3ccccc3c1-2. The zero-order valence-corrected chi connectivity index (χ0v) is 9.92. The molecule has 2 aliphatic rings. The van der Waals surface area contributed by atoms with Crippen molar-refractivity contribution in [1.29, 1.82) is 0 Å². The molecule has 16 heavy (non-hydrogen) atoms. The van der Waals surface area contributed by atoms with E-state index in [2.05, 4.69) is 18.0 Å².